The van der Waals surface area contributed by atoms with Crippen molar-refractivity contribution in [2.75, 3.05) is 19.7 Å². The second kappa shape index (κ2) is 9.65. The molecule has 0 amide bonds. The lowest BCUT2D eigenvalue weighted by atomic mass is 9.99. The van der Waals surface area contributed by atoms with E-state index >= 15 is 0 Å². The molecular weight excluding hydrogens is 493 g/mol. The first-order chi connectivity index (χ1) is 17.7. The third-order valence-electron chi connectivity index (χ3n) is 5.84. The maximum absolute atomic E-state index is 14.1. The van der Waals surface area contributed by atoms with Crippen LogP contribution in [0.4, 0.5) is 13.2 Å². The summed E-state index contributed by atoms with van der Waals surface area (Å²) in [5, 5.41) is 16.7. The maximum atomic E-state index is 14.1. The molecule has 5 rings (SSSR count). The lowest BCUT2D eigenvalue weighted by Crippen LogP contribution is -2.49. The fraction of sp³-hybridized carbons (Fsp3) is 0.292. The van der Waals surface area contributed by atoms with Gasteiger partial charge < -0.3 is 14.4 Å². The van der Waals surface area contributed by atoms with E-state index in [2.05, 4.69) is 20.2 Å². The molecule has 0 aliphatic carbocycles. The van der Waals surface area contributed by atoms with E-state index in [4.69, 9.17) is 14.4 Å². The van der Waals surface area contributed by atoms with Crippen molar-refractivity contribution in [2.24, 2.45) is 5.92 Å². The number of likely N-dealkylation sites (tertiary alicyclic amines) is 1. The summed E-state index contributed by atoms with van der Waals surface area (Å²) in [5.74, 6) is -1.25. The molecule has 1 saturated heterocycles. The Morgan fingerprint density at radius 2 is 1.92 bits per heavy atom. The standard InChI is InChI=1S/C24H21F3N6O4/c1-2-36-19-5-3-4-18(29-19)33-20(24(25,26)27)17(10-28-33)22-30-21(31-37-22)15-8-6-14(7-9-15)11-32-12-16(13-32)23(34)35/h3-10,16H,2,11-13H2,1H3,(H,34,35). The number of halogens is 3. The molecule has 0 radical (unpaired) electrons. The molecule has 1 fully saturated rings. The number of hydrogen-bond acceptors (Lipinski definition) is 8. The van der Waals surface area contributed by atoms with Crippen LogP contribution in [0, 0.1) is 5.92 Å². The van der Waals surface area contributed by atoms with Gasteiger partial charge in [-0.3, -0.25) is 9.69 Å². The molecule has 4 heterocycles. The molecule has 10 nitrogen and oxygen atoms in total. The highest BCUT2D eigenvalue weighted by Gasteiger charge is 2.41. The Hall–Kier alpha value is -4.26. The summed E-state index contributed by atoms with van der Waals surface area (Å²) in [5.41, 5.74) is 0.0298. The molecule has 1 N–H and O–H groups in total. The van der Waals surface area contributed by atoms with Gasteiger partial charge in [0, 0.05) is 31.3 Å². The summed E-state index contributed by atoms with van der Waals surface area (Å²) >= 11 is 0. The number of benzene rings is 1. The van der Waals surface area contributed by atoms with Gasteiger partial charge in [0.05, 0.1) is 24.3 Å². The van der Waals surface area contributed by atoms with Gasteiger partial charge >= 0.3 is 12.1 Å². The molecule has 0 bridgehead atoms. The highest BCUT2D eigenvalue weighted by atomic mass is 19.4. The van der Waals surface area contributed by atoms with Crippen LogP contribution in [-0.4, -0.2) is 60.6 Å². The van der Waals surface area contributed by atoms with Crippen LogP contribution in [0.3, 0.4) is 0 Å². The van der Waals surface area contributed by atoms with Crippen LogP contribution < -0.4 is 4.74 Å². The first-order valence-electron chi connectivity index (χ1n) is 11.4. The molecule has 4 aromatic rings. The largest absolute Gasteiger partial charge is 0.481 e. The maximum Gasteiger partial charge on any atom is 0.434 e. The number of pyridine rings is 1. The van der Waals surface area contributed by atoms with Crippen LogP contribution in [0.5, 0.6) is 5.88 Å². The third kappa shape index (κ3) is 5.03. The Morgan fingerprint density at radius 1 is 1.16 bits per heavy atom. The van der Waals surface area contributed by atoms with Crippen molar-refractivity contribution in [1.29, 1.82) is 0 Å². The fourth-order valence-electron chi connectivity index (χ4n) is 4.02. The number of carboxylic acid groups (broad SMARTS) is 1. The van der Waals surface area contributed by atoms with Gasteiger partial charge in [0.2, 0.25) is 11.7 Å². The number of rotatable bonds is 8. The molecular formula is C24H21F3N6O4. The van der Waals surface area contributed by atoms with E-state index in [1.807, 2.05) is 17.0 Å². The third-order valence-corrected chi connectivity index (χ3v) is 5.84. The minimum atomic E-state index is -4.79. The number of alkyl halides is 3. The van der Waals surface area contributed by atoms with Gasteiger partial charge in [0.1, 0.15) is 0 Å². The van der Waals surface area contributed by atoms with Crippen LogP contribution in [0.2, 0.25) is 0 Å². The number of ether oxygens (including phenoxy) is 1. The Morgan fingerprint density at radius 3 is 2.59 bits per heavy atom. The van der Waals surface area contributed by atoms with Gasteiger partial charge in [-0.1, -0.05) is 35.5 Å². The Bertz CT molecular complexity index is 1410. The van der Waals surface area contributed by atoms with Crippen LogP contribution in [0.1, 0.15) is 18.2 Å². The summed E-state index contributed by atoms with van der Waals surface area (Å²) in [4.78, 5) is 21.2. The second-order valence-electron chi connectivity index (χ2n) is 8.43. The van der Waals surface area contributed by atoms with Gasteiger partial charge in [-0.05, 0) is 18.6 Å². The average molecular weight is 514 g/mol. The van der Waals surface area contributed by atoms with E-state index in [0.717, 1.165) is 11.8 Å². The number of aromatic nitrogens is 5. The predicted octanol–water partition coefficient (Wildman–Crippen LogP) is 3.92. The van der Waals surface area contributed by atoms with Gasteiger partial charge in [-0.25, -0.2) is 4.68 Å². The number of carboxylic acids is 1. The average Bonchev–Trinajstić information content (AvgIpc) is 3.49. The smallest absolute Gasteiger partial charge is 0.434 e. The minimum absolute atomic E-state index is 0.0725. The van der Waals surface area contributed by atoms with Crippen LogP contribution in [0.15, 0.2) is 53.2 Å². The molecule has 0 spiro atoms. The normalized spacial score (nSPS) is 14.5. The molecule has 37 heavy (non-hydrogen) atoms. The zero-order valence-electron chi connectivity index (χ0n) is 19.5. The molecule has 192 valence electrons. The summed E-state index contributed by atoms with van der Waals surface area (Å²) in [6, 6.07) is 11.6. The number of hydrogen-bond donors (Lipinski definition) is 1. The van der Waals surface area contributed by atoms with Gasteiger partial charge in [-0.2, -0.15) is 28.2 Å². The van der Waals surface area contributed by atoms with Crippen molar-refractivity contribution in [2.45, 2.75) is 19.6 Å². The number of carbonyl (C=O) groups is 1. The molecule has 1 aliphatic rings. The number of nitrogens with zero attached hydrogens (tertiary/aromatic N) is 6. The first-order valence-corrected chi connectivity index (χ1v) is 11.4. The molecule has 1 aliphatic heterocycles. The van der Waals surface area contributed by atoms with Crippen molar-refractivity contribution in [1.82, 2.24) is 29.8 Å². The molecule has 0 atom stereocenters. The topological polar surface area (TPSA) is 119 Å². The molecule has 0 saturated carbocycles. The van der Waals surface area contributed by atoms with Crippen molar-refractivity contribution >= 4 is 5.97 Å². The molecule has 0 unspecified atom stereocenters. The van der Waals surface area contributed by atoms with E-state index in [-0.39, 0.29) is 34.9 Å². The SMILES string of the molecule is CCOc1cccc(-n2ncc(-c3nc(-c4ccc(CN5CC(C(=O)O)C5)cc4)no3)c2C(F)(F)F)n1. The lowest BCUT2D eigenvalue weighted by Gasteiger charge is -2.36. The van der Waals surface area contributed by atoms with Crippen molar-refractivity contribution in [3.63, 3.8) is 0 Å². The van der Waals surface area contributed by atoms with Crippen LogP contribution in [-0.2, 0) is 17.5 Å². The Balaban J connectivity index is 1.38. The quantitative estimate of drug-likeness (QED) is 0.373. The van der Waals surface area contributed by atoms with E-state index in [1.54, 1.807) is 19.1 Å². The molecule has 13 heteroatoms. The van der Waals surface area contributed by atoms with Gasteiger partial charge in [0.15, 0.2) is 11.5 Å². The summed E-state index contributed by atoms with van der Waals surface area (Å²) in [6.07, 6.45) is -3.78. The van der Waals surface area contributed by atoms with Crippen molar-refractivity contribution < 1.29 is 32.3 Å². The first kappa shape index (κ1) is 24.4. The van der Waals surface area contributed by atoms with Crippen molar-refractivity contribution in [3.8, 4) is 34.5 Å². The van der Waals surface area contributed by atoms with Crippen LogP contribution >= 0.6 is 0 Å². The zero-order chi connectivity index (χ0) is 26.2. The van der Waals surface area contributed by atoms with E-state index in [9.17, 15) is 18.0 Å². The number of aliphatic carboxylic acids is 1. The fourth-order valence-corrected chi connectivity index (χ4v) is 4.02. The second-order valence-corrected chi connectivity index (χ2v) is 8.43. The van der Waals surface area contributed by atoms with E-state index in [1.165, 1.54) is 18.2 Å². The highest BCUT2D eigenvalue weighted by Crippen LogP contribution is 2.38. The summed E-state index contributed by atoms with van der Waals surface area (Å²) < 4.78 is 53.4. The van der Waals surface area contributed by atoms with Crippen LogP contribution in [0.25, 0.3) is 28.7 Å². The minimum Gasteiger partial charge on any atom is -0.481 e. The van der Waals surface area contributed by atoms with E-state index in [0.29, 0.717) is 36.5 Å². The zero-order valence-corrected chi connectivity index (χ0v) is 19.5. The lowest BCUT2D eigenvalue weighted by molar-refractivity contribution is -0.147. The van der Waals surface area contributed by atoms with Crippen molar-refractivity contribution in [3.05, 3.63) is 59.9 Å². The molecule has 3 aromatic heterocycles. The Labute approximate surface area is 208 Å². The van der Waals surface area contributed by atoms with Gasteiger partial charge in [0.25, 0.3) is 5.89 Å². The highest BCUT2D eigenvalue weighted by molar-refractivity contribution is 5.71. The summed E-state index contributed by atoms with van der Waals surface area (Å²) in [6.45, 7) is 3.62. The monoisotopic (exact) mass is 514 g/mol. The summed E-state index contributed by atoms with van der Waals surface area (Å²) in [7, 11) is 0. The Kier molecular flexibility index (Phi) is 6.38. The van der Waals surface area contributed by atoms with E-state index < -0.39 is 17.8 Å². The predicted molar refractivity (Wildman–Crippen MR) is 123 cm³/mol. The molecule has 1 aromatic carbocycles. The van der Waals surface area contributed by atoms with Gasteiger partial charge in [-0.15, -0.1) is 0 Å².